The molecule has 2 aromatic carbocycles. The van der Waals surface area contributed by atoms with Crippen molar-refractivity contribution in [2.45, 2.75) is 19.3 Å². The molecule has 0 saturated heterocycles. The van der Waals surface area contributed by atoms with Crippen molar-refractivity contribution in [1.82, 2.24) is 0 Å². The minimum atomic E-state index is -0.0665. The Bertz CT molecular complexity index is 795. The lowest BCUT2D eigenvalue weighted by molar-refractivity contribution is -0.398. The molecule has 0 bridgehead atoms. The zero-order chi connectivity index (χ0) is 16.6. The molecule has 24 heavy (non-hydrogen) atoms. The van der Waals surface area contributed by atoms with E-state index in [1.165, 1.54) is 22.6 Å². The van der Waals surface area contributed by atoms with Crippen LogP contribution in [0.25, 0.3) is 0 Å². The first-order chi connectivity index (χ1) is 10.9. The van der Waals surface area contributed by atoms with Gasteiger partial charge in [-0.2, -0.15) is 0 Å². The molecule has 4 heteroatoms. The van der Waals surface area contributed by atoms with Crippen LogP contribution in [0.2, 0.25) is 5.02 Å². The average Bonchev–Trinajstić information content (AvgIpc) is 2.72. The Morgan fingerprint density at radius 3 is 2.42 bits per heavy atom. The summed E-state index contributed by atoms with van der Waals surface area (Å²) in [7, 11) is 4.18. The van der Waals surface area contributed by atoms with Gasteiger partial charge in [0, 0.05) is 47.1 Å². The zero-order valence-electron chi connectivity index (χ0n) is 14.4. The highest BCUT2D eigenvalue weighted by atomic mass is 127. The first-order valence-electron chi connectivity index (χ1n) is 7.78. The van der Waals surface area contributed by atoms with Crippen LogP contribution in [-0.2, 0) is 5.41 Å². The van der Waals surface area contributed by atoms with Crippen LogP contribution in [0.5, 0.6) is 0 Å². The number of para-hydroxylation sites is 1. The molecule has 1 heterocycles. The Labute approximate surface area is 166 Å². The monoisotopic (exact) mass is 452 g/mol. The molecular formula is C20H22ClIN2. The van der Waals surface area contributed by atoms with Crippen molar-refractivity contribution in [2.75, 3.05) is 19.0 Å². The number of halogens is 2. The summed E-state index contributed by atoms with van der Waals surface area (Å²) in [6.07, 6.45) is 4.32. The van der Waals surface area contributed by atoms with Crippen LogP contribution >= 0.6 is 11.6 Å². The normalized spacial score (nSPS) is 17.6. The number of allylic oxidation sites excluding steroid dienone is 2. The van der Waals surface area contributed by atoms with E-state index in [2.05, 4.69) is 86.1 Å². The summed E-state index contributed by atoms with van der Waals surface area (Å²) in [6, 6.07) is 16.5. The topological polar surface area (TPSA) is 6.25 Å². The molecule has 1 aliphatic rings. The Morgan fingerprint density at radius 1 is 1.08 bits per heavy atom. The lowest BCUT2D eigenvalue weighted by atomic mass is 9.84. The van der Waals surface area contributed by atoms with Crippen LogP contribution in [0.1, 0.15) is 19.4 Å². The van der Waals surface area contributed by atoms with Gasteiger partial charge >= 0.3 is 0 Å². The van der Waals surface area contributed by atoms with Crippen molar-refractivity contribution in [3.8, 4) is 0 Å². The van der Waals surface area contributed by atoms with Gasteiger partial charge in [-0.05, 0) is 23.8 Å². The maximum Gasteiger partial charge on any atom is 0.204 e. The third-order valence-electron chi connectivity index (χ3n) is 4.61. The highest BCUT2D eigenvalue weighted by molar-refractivity contribution is 6.30. The predicted molar refractivity (Wildman–Crippen MR) is 99.3 cm³/mol. The van der Waals surface area contributed by atoms with E-state index in [0.29, 0.717) is 0 Å². The van der Waals surface area contributed by atoms with E-state index in [0.717, 1.165) is 5.02 Å². The van der Waals surface area contributed by atoms with Gasteiger partial charge in [0.05, 0.1) is 0 Å². The Hall–Kier alpha value is -1.33. The van der Waals surface area contributed by atoms with Crippen molar-refractivity contribution < 1.29 is 28.6 Å². The molecule has 0 radical (unpaired) electrons. The molecule has 0 fully saturated rings. The molecular weight excluding hydrogens is 431 g/mol. The molecule has 126 valence electrons. The minimum absolute atomic E-state index is 0. The average molecular weight is 453 g/mol. The Balaban J connectivity index is 0.00000208. The molecule has 0 amide bonds. The molecule has 1 aliphatic heterocycles. The fourth-order valence-corrected chi connectivity index (χ4v) is 3.41. The summed E-state index contributed by atoms with van der Waals surface area (Å²) in [6.45, 7) is 4.49. The van der Waals surface area contributed by atoms with Crippen LogP contribution in [0.3, 0.4) is 0 Å². The van der Waals surface area contributed by atoms with Crippen LogP contribution < -0.4 is 28.9 Å². The summed E-state index contributed by atoms with van der Waals surface area (Å²) in [5.41, 5.74) is 4.86. The smallest absolute Gasteiger partial charge is 0.204 e. The number of fused-ring (bicyclic) bond motifs is 1. The van der Waals surface area contributed by atoms with Crippen molar-refractivity contribution in [3.05, 3.63) is 70.9 Å². The van der Waals surface area contributed by atoms with E-state index >= 15 is 0 Å². The van der Waals surface area contributed by atoms with Gasteiger partial charge < -0.3 is 28.9 Å². The highest BCUT2D eigenvalue weighted by Crippen LogP contribution is 2.47. The maximum atomic E-state index is 6.20. The van der Waals surface area contributed by atoms with Gasteiger partial charge in [-0.15, -0.1) is 0 Å². The summed E-state index contributed by atoms with van der Waals surface area (Å²) >= 11 is 6.20. The van der Waals surface area contributed by atoms with E-state index in [4.69, 9.17) is 11.6 Å². The third kappa shape index (κ3) is 3.38. The summed E-state index contributed by atoms with van der Waals surface area (Å²) in [4.78, 5) is 2.25. The van der Waals surface area contributed by atoms with E-state index < -0.39 is 0 Å². The van der Waals surface area contributed by atoms with Crippen LogP contribution in [0.15, 0.2) is 60.3 Å². The number of nitrogens with zero attached hydrogens (tertiary/aromatic N) is 2. The van der Waals surface area contributed by atoms with Gasteiger partial charge in [-0.1, -0.05) is 43.6 Å². The fraction of sp³-hybridized carbons (Fsp3) is 0.250. The summed E-state index contributed by atoms with van der Waals surface area (Å²) in [5, 5.41) is 0.789. The third-order valence-corrected chi connectivity index (χ3v) is 4.85. The molecule has 0 atom stereocenters. The summed E-state index contributed by atoms with van der Waals surface area (Å²) in [5.74, 6) is 0. The minimum Gasteiger partial charge on any atom is -1.00 e. The zero-order valence-corrected chi connectivity index (χ0v) is 17.3. The molecule has 0 aromatic heterocycles. The van der Waals surface area contributed by atoms with Crippen LogP contribution in [0.4, 0.5) is 11.4 Å². The molecule has 2 nitrogen and oxygen atoms in total. The van der Waals surface area contributed by atoms with E-state index in [-0.39, 0.29) is 29.4 Å². The van der Waals surface area contributed by atoms with Crippen molar-refractivity contribution in [2.24, 2.45) is 0 Å². The fourth-order valence-electron chi connectivity index (χ4n) is 3.24. The Kier molecular flexibility index (Phi) is 5.76. The van der Waals surface area contributed by atoms with Gasteiger partial charge in [0.25, 0.3) is 0 Å². The maximum absolute atomic E-state index is 6.20. The van der Waals surface area contributed by atoms with Gasteiger partial charge in [0.2, 0.25) is 5.69 Å². The highest BCUT2D eigenvalue weighted by Gasteiger charge is 2.38. The molecule has 0 N–H and O–H groups in total. The molecule has 3 rings (SSSR count). The second-order valence-corrected chi connectivity index (χ2v) is 6.93. The number of benzene rings is 2. The molecule has 0 spiro atoms. The van der Waals surface area contributed by atoms with Crippen LogP contribution in [-0.4, -0.2) is 24.9 Å². The number of anilines is 1. The lowest BCUT2D eigenvalue weighted by Gasteiger charge is -2.23. The quantitative estimate of drug-likeness (QED) is 0.384. The Morgan fingerprint density at radius 2 is 1.75 bits per heavy atom. The molecule has 0 aliphatic carbocycles. The second-order valence-electron chi connectivity index (χ2n) is 6.49. The molecule has 0 saturated carbocycles. The lowest BCUT2D eigenvalue weighted by Crippen LogP contribution is -3.00. The van der Waals surface area contributed by atoms with Gasteiger partial charge in [0.15, 0.2) is 6.21 Å². The number of hydrogen-bond donors (Lipinski definition) is 0. The number of rotatable bonds is 2. The first-order valence-corrected chi connectivity index (χ1v) is 8.16. The SMILES string of the molecule is CN1C(=CC=[N+](C)c2ccccc2)C(C)(C)c2cc(Cl)ccc21.[I-]. The van der Waals surface area contributed by atoms with Crippen LogP contribution in [0, 0.1) is 0 Å². The summed E-state index contributed by atoms with van der Waals surface area (Å²) < 4.78 is 2.13. The van der Waals surface area contributed by atoms with Crippen molar-refractivity contribution in [3.63, 3.8) is 0 Å². The van der Waals surface area contributed by atoms with E-state index in [1.54, 1.807) is 0 Å². The number of likely N-dealkylation sites (N-methyl/N-ethyl adjacent to an activating group) is 1. The molecule has 2 aromatic rings. The van der Waals surface area contributed by atoms with Crippen molar-refractivity contribution >= 4 is 29.2 Å². The predicted octanol–water partition coefficient (Wildman–Crippen LogP) is 2.00. The second kappa shape index (κ2) is 7.28. The van der Waals surface area contributed by atoms with Gasteiger partial charge in [-0.25, -0.2) is 4.58 Å². The van der Waals surface area contributed by atoms with Gasteiger partial charge in [-0.3, -0.25) is 0 Å². The van der Waals surface area contributed by atoms with E-state index in [1.807, 2.05) is 12.1 Å². The standard InChI is InChI=1S/C20H22ClN2.HI/c1-20(2)17-14-15(21)10-11-18(17)23(4)19(20)12-13-22(3)16-8-6-5-7-9-16;/h5-14H,1-4H3;1H/q+1;/p-1. The van der Waals surface area contributed by atoms with Gasteiger partial charge in [0.1, 0.15) is 7.05 Å². The number of hydrogen-bond acceptors (Lipinski definition) is 1. The van der Waals surface area contributed by atoms with E-state index in [9.17, 15) is 0 Å². The first kappa shape index (κ1) is 19.0. The largest absolute Gasteiger partial charge is 1.00 e. The molecule has 0 unspecified atom stereocenters. The van der Waals surface area contributed by atoms with Crippen molar-refractivity contribution in [1.29, 1.82) is 0 Å².